The Morgan fingerprint density at radius 2 is 1.86 bits per heavy atom. The maximum absolute atomic E-state index is 13.7. The van der Waals surface area contributed by atoms with E-state index in [4.69, 9.17) is 33.7 Å². The number of pyridine rings is 1. The number of carboxylic acid groups (broad SMARTS) is 1. The van der Waals surface area contributed by atoms with Crippen molar-refractivity contribution >= 4 is 56.9 Å². The number of nitrogens with one attached hydrogen (secondary N) is 2. The van der Waals surface area contributed by atoms with Crippen molar-refractivity contribution in [2.24, 2.45) is 0 Å². The maximum atomic E-state index is 13.7. The molecule has 0 spiro atoms. The molecule has 0 radical (unpaired) electrons. The van der Waals surface area contributed by atoms with Crippen molar-refractivity contribution in [1.82, 2.24) is 4.98 Å². The van der Waals surface area contributed by atoms with Gasteiger partial charge in [0.25, 0.3) is 10.0 Å². The van der Waals surface area contributed by atoms with Crippen molar-refractivity contribution in [1.29, 1.82) is 5.41 Å². The summed E-state index contributed by atoms with van der Waals surface area (Å²) in [5.41, 5.74) is -0.0280. The van der Waals surface area contributed by atoms with Gasteiger partial charge in [-0.25, -0.2) is 22.5 Å². The van der Waals surface area contributed by atoms with E-state index in [-0.39, 0.29) is 5.56 Å². The van der Waals surface area contributed by atoms with Gasteiger partial charge in [-0.2, -0.15) is 13.2 Å². The fourth-order valence-electron chi connectivity index (χ4n) is 3.35. The summed E-state index contributed by atoms with van der Waals surface area (Å²) >= 11 is 12.2. The Bertz CT molecular complexity index is 1470. The fourth-order valence-corrected chi connectivity index (χ4v) is 5.62. The summed E-state index contributed by atoms with van der Waals surface area (Å²) < 4.78 is 67.6. The average Bonchev–Trinajstić information content (AvgIpc) is 2.82. The van der Waals surface area contributed by atoms with E-state index in [0.29, 0.717) is 39.9 Å². The summed E-state index contributed by atoms with van der Waals surface area (Å²) in [6, 6.07) is 8.22. The number of hydrogen-bond donors (Lipinski definition) is 3. The molecule has 1 aromatic heterocycles. The molecule has 0 unspecified atom stereocenters. The van der Waals surface area contributed by atoms with Crippen LogP contribution in [-0.2, 0) is 22.7 Å². The molecule has 37 heavy (non-hydrogen) atoms. The van der Waals surface area contributed by atoms with Crippen LogP contribution in [0.2, 0.25) is 10.0 Å². The number of halogens is 5. The number of anilines is 2. The minimum atomic E-state index is -4.77. The third kappa shape index (κ3) is 6.14. The van der Waals surface area contributed by atoms with Gasteiger partial charge in [0.2, 0.25) is 0 Å². The van der Waals surface area contributed by atoms with Gasteiger partial charge in [0.15, 0.2) is 5.82 Å². The highest BCUT2D eigenvalue weighted by atomic mass is 35.5. The van der Waals surface area contributed by atoms with Crippen LogP contribution in [0.1, 0.15) is 34.0 Å². The van der Waals surface area contributed by atoms with Crippen LogP contribution in [0.15, 0.2) is 53.6 Å². The van der Waals surface area contributed by atoms with Crippen LogP contribution < -0.4 is 9.62 Å². The molecule has 8 nitrogen and oxygen atoms in total. The van der Waals surface area contributed by atoms with Crippen molar-refractivity contribution < 1.29 is 31.5 Å². The SMILES string of the molecule is CCNc1ccc(CN(c2ncc(C(F)(F)F)cc2Cl)S(=O)(=O)c2ccc(C(=O)O)cc2Cl)cc1C=N. The zero-order valence-electron chi connectivity index (χ0n) is 19.0. The average molecular weight is 575 g/mol. The topological polar surface area (TPSA) is 123 Å². The van der Waals surface area contributed by atoms with Crippen molar-refractivity contribution in [3.8, 4) is 0 Å². The van der Waals surface area contributed by atoms with E-state index < -0.39 is 55.0 Å². The van der Waals surface area contributed by atoms with Gasteiger partial charge in [-0.3, -0.25) is 0 Å². The summed E-state index contributed by atoms with van der Waals surface area (Å²) in [5, 5.41) is 18.9. The summed E-state index contributed by atoms with van der Waals surface area (Å²) in [5.74, 6) is -1.84. The molecule has 2 aromatic carbocycles. The van der Waals surface area contributed by atoms with Gasteiger partial charge >= 0.3 is 12.1 Å². The normalized spacial score (nSPS) is 11.7. The zero-order chi connectivity index (χ0) is 27.5. The van der Waals surface area contributed by atoms with Crippen LogP contribution >= 0.6 is 23.2 Å². The Labute approximate surface area is 220 Å². The van der Waals surface area contributed by atoms with E-state index in [2.05, 4.69) is 10.3 Å². The molecule has 0 aliphatic heterocycles. The number of aromatic nitrogens is 1. The van der Waals surface area contributed by atoms with Gasteiger partial charge in [-0.1, -0.05) is 29.3 Å². The van der Waals surface area contributed by atoms with Gasteiger partial charge in [-0.15, -0.1) is 0 Å². The predicted molar refractivity (Wildman–Crippen MR) is 135 cm³/mol. The first kappa shape index (κ1) is 28.2. The molecule has 0 fully saturated rings. The van der Waals surface area contributed by atoms with Crippen molar-refractivity contribution in [2.75, 3.05) is 16.2 Å². The van der Waals surface area contributed by atoms with Crippen LogP contribution in [0.25, 0.3) is 0 Å². The Morgan fingerprint density at radius 1 is 1.16 bits per heavy atom. The maximum Gasteiger partial charge on any atom is 0.417 e. The quantitative estimate of drug-likeness (QED) is 0.272. The van der Waals surface area contributed by atoms with Gasteiger partial charge in [0, 0.05) is 30.2 Å². The van der Waals surface area contributed by atoms with E-state index >= 15 is 0 Å². The molecule has 0 saturated heterocycles. The number of sulfonamides is 1. The number of alkyl halides is 3. The molecule has 196 valence electrons. The highest BCUT2D eigenvalue weighted by Gasteiger charge is 2.35. The highest BCUT2D eigenvalue weighted by molar-refractivity contribution is 7.93. The minimum Gasteiger partial charge on any atom is -0.478 e. The lowest BCUT2D eigenvalue weighted by Gasteiger charge is -2.26. The van der Waals surface area contributed by atoms with E-state index in [1.807, 2.05) is 6.92 Å². The third-order valence-electron chi connectivity index (χ3n) is 5.10. The number of aromatic carboxylic acids is 1. The highest BCUT2D eigenvalue weighted by Crippen LogP contribution is 2.37. The number of benzene rings is 2. The molecular weight excluding hydrogens is 556 g/mol. The van der Waals surface area contributed by atoms with Gasteiger partial charge in [-0.05, 0) is 48.9 Å². The number of hydrogen-bond acceptors (Lipinski definition) is 6. The molecule has 0 aliphatic carbocycles. The molecule has 0 amide bonds. The summed E-state index contributed by atoms with van der Waals surface area (Å²) in [6.45, 7) is 1.98. The van der Waals surface area contributed by atoms with Crippen LogP contribution in [0.5, 0.6) is 0 Å². The molecule has 14 heteroatoms. The second-order valence-electron chi connectivity index (χ2n) is 7.59. The first-order valence-corrected chi connectivity index (χ1v) is 12.6. The Hall–Kier alpha value is -3.35. The predicted octanol–water partition coefficient (Wildman–Crippen LogP) is 5.93. The first-order valence-electron chi connectivity index (χ1n) is 10.4. The summed E-state index contributed by atoms with van der Waals surface area (Å²) in [6.07, 6.45) is -3.25. The van der Waals surface area contributed by atoms with E-state index in [0.717, 1.165) is 24.4 Å². The molecule has 0 bridgehead atoms. The van der Waals surface area contributed by atoms with Crippen LogP contribution in [-0.4, -0.2) is 37.2 Å². The monoisotopic (exact) mass is 574 g/mol. The van der Waals surface area contributed by atoms with Gasteiger partial charge in [0.05, 0.1) is 27.7 Å². The first-order chi connectivity index (χ1) is 17.3. The number of carbonyl (C=O) groups is 1. The third-order valence-corrected chi connectivity index (χ3v) is 7.59. The second-order valence-corrected chi connectivity index (χ2v) is 10.2. The van der Waals surface area contributed by atoms with E-state index in [1.54, 1.807) is 12.1 Å². The molecule has 0 aliphatic rings. The van der Waals surface area contributed by atoms with Crippen LogP contribution in [0.4, 0.5) is 24.7 Å². The lowest BCUT2D eigenvalue weighted by Crippen LogP contribution is -2.32. The van der Waals surface area contributed by atoms with Crippen molar-refractivity contribution in [3.63, 3.8) is 0 Å². The molecule has 1 heterocycles. The largest absolute Gasteiger partial charge is 0.478 e. The van der Waals surface area contributed by atoms with Crippen LogP contribution in [0.3, 0.4) is 0 Å². The molecule has 0 atom stereocenters. The van der Waals surface area contributed by atoms with Crippen LogP contribution in [0, 0.1) is 5.41 Å². The number of rotatable bonds is 9. The van der Waals surface area contributed by atoms with E-state index in [1.165, 1.54) is 6.07 Å². The Kier molecular flexibility index (Phi) is 8.35. The fraction of sp³-hybridized carbons (Fsp3) is 0.174. The van der Waals surface area contributed by atoms with E-state index in [9.17, 15) is 26.4 Å². The summed E-state index contributed by atoms with van der Waals surface area (Å²) in [7, 11) is -4.63. The summed E-state index contributed by atoms with van der Waals surface area (Å²) in [4.78, 5) is 14.4. The molecule has 0 saturated carbocycles. The Balaban J connectivity index is 2.19. The number of nitrogens with zero attached hydrogens (tertiary/aromatic N) is 2. The second kappa shape index (κ2) is 11.0. The minimum absolute atomic E-state index is 0.268. The zero-order valence-corrected chi connectivity index (χ0v) is 21.3. The molecule has 3 rings (SSSR count). The van der Waals surface area contributed by atoms with Gasteiger partial charge < -0.3 is 15.8 Å². The molecule has 3 aromatic rings. The molecule has 3 N–H and O–H groups in total. The van der Waals surface area contributed by atoms with Crippen molar-refractivity contribution in [2.45, 2.75) is 24.5 Å². The van der Waals surface area contributed by atoms with Crippen molar-refractivity contribution in [3.05, 3.63) is 81.0 Å². The smallest absolute Gasteiger partial charge is 0.417 e. The molecular formula is C23H19Cl2F3N4O4S. The lowest BCUT2D eigenvalue weighted by molar-refractivity contribution is -0.137. The number of carboxylic acids is 1. The Morgan fingerprint density at radius 3 is 2.41 bits per heavy atom. The van der Waals surface area contributed by atoms with Gasteiger partial charge in [0.1, 0.15) is 4.90 Å². The standard InChI is InChI=1S/C23H19Cl2F3N4O4S/c1-2-30-19-5-3-13(7-15(19)10-29)12-32(21-18(25)9-16(11-31-21)23(26,27)28)37(35,36)20-6-4-14(22(33)34)8-17(20)24/h3-11,29-30H,2,12H2,1H3,(H,33,34). The lowest BCUT2D eigenvalue weighted by atomic mass is 10.1.